The number of alkyl carbamates (subject to hydrolysis) is 2. The number of hydrogen-bond acceptors (Lipinski definition) is 8. The van der Waals surface area contributed by atoms with Crippen molar-refractivity contribution < 1.29 is 34.1 Å². The van der Waals surface area contributed by atoms with Gasteiger partial charge in [0.15, 0.2) is 0 Å². The van der Waals surface area contributed by atoms with Crippen molar-refractivity contribution in [3.63, 3.8) is 0 Å². The van der Waals surface area contributed by atoms with Crippen LogP contribution >= 0.6 is 0 Å². The van der Waals surface area contributed by atoms with Crippen molar-refractivity contribution in [3.05, 3.63) is 143 Å². The van der Waals surface area contributed by atoms with Gasteiger partial charge < -0.3 is 35.6 Å². The third kappa shape index (κ3) is 11.1. The lowest BCUT2D eigenvalue weighted by Crippen LogP contribution is -2.60. The normalized spacial score (nSPS) is 16.9. The number of benzene rings is 4. The van der Waals surface area contributed by atoms with E-state index in [1.165, 1.54) is 0 Å². The zero-order chi connectivity index (χ0) is 37.1. The van der Waals surface area contributed by atoms with E-state index in [-0.39, 0.29) is 26.1 Å². The molecule has 6 N–H and O–H groups in total. The second-order valence-corrected chi connectivity index (χ2v) is 14.0. The molecule has 1 unspecified atom stereocenters. The summed E-state index contributed by atoms with van der Waals surface area (Å²) in [5, 5.41) is 34.6. The monoisotopic (exact) mass is 708 g/mol. The van der Waals surface area contributed by atoms with Gasteiger partial charge in [-0.1, -0.05) is 109 Å². The molecule has 3 amide bonds. The van der Waals surface area contributed by atoms with Gasteiger partial charge in [0.2, 0.25) is 5.91 Å². The minimum Gasteiger partial charge on any atom is -0.445 e. The van der Waals surface area contributed by atoms with Crippen molar-refractivity contribution in [1.82, 2.24) is 21.3 Å². The maximum Gasteiger partial charge on any atom is 0.407 e. The Kier molecular flexibility index (Phi) is 13.0. The first-order chi connectivity index (χ1) is 24.9. The molecule has 5 rings (SSSR count). The molecular formula is C41H48N4O7. The Morgan fingerprint density at radius 1 is 0.769 bits per heavy atom. The first-order valence-corrected chi connectivity index (χ1v) is 17.5. The number of hydrogen-bond donors (Lipinski definition) is 6. The largest absolute Gasteiger partial charge is 0.445 e. The van der Waals surface area contributed by atoms with E-state index < -0.39 is 54.0 Å². The Morgan fingerprint density at radius 3 is 2.02 bits per heavy atom. The van der Waals surface area contributed by atoms with Gasteiger partial charge in [-0.3, -0.25) is 10.1 Å². The van der Waals surface area contributed by atoms with Crippen molar-refractivity contribution in [2.75, 3.05) is 0 Å². The average molecular weight is 709 g/mol. The van der Waals surface area contributed by atoms with Crippen molar-refractivity contribution in [1.29, 1.82) is 0 Å². The van der Waals surface area contributed by atoms with Gasteiger partial charge in [0, 0.05) is 19.5 Å². The lowest BCUT2D eigenvalue weighted by molar-refractivity contribution is -0.128. The highest BCUT2D eigenvalue weighted by atomic mass is 16.6. The Labute approximate surface area is 304 Å². The highest BCUT2D eigenvalue weighted by Gasteiger charge is 2.38. The second-order valence-electron chi connectivity index (χ2n) is 14.0. The lowest BCUT2D eigenvalue weighted by atomic mass is 9.95. The summed E-state index contributed by atoms with van der Waals surface area (Å²) in [5.41, 5.74) is 4.37. The molecule has 4 aromatic carbocycles. The number of carbonyl (C=O) groups is 3. The maximum absolute atomic E-state index is 14.1. The van der Waals surface area contributed by atoms with Crippen molar-refractivity contribution >= 4 is 18.1 Å². The Bertz CT molecular complexity index is 1760. The fourth-order valence-electron chi connectivity index (χ4n) is 6.13. The van der Waals surface area contributed by atoms with Crippen LogP contribution in [0.15, 0.2) is 109 Å². The van der Waals surface area contributed by atoms with E-state index in [0.717, 1.165) is 33.4 Å². The zero-order valence-corrected chi connectivity index (χ0v) is 29.8. The molecule has 52 heavy (non-hydrogen) atoms. The second kappa shape index (κ2) is 17.8. The molecule has 11 nitrogen and oxygen atoms in total. The molecule has 0 bridgehead atoms. The summed E-state index contributed by atoms with van der Waals surface area (Å²) in [7, 11) is 0. The average Bonchev–Trinajstić information content (AvgIpc) is 3.44. The third-order valence-corrected chi connectivity index (χ3v) is 8.74. The fourth-order valence-corrected chi connectivity index (χ4v) is 6.13. The van der Waals surface area contributed by atoms with Crippen molar-refractivity contribution in [3.8, 4) is 0 Å². The number of amides is 3. The van der Waals surface area contributed by atoms with E-state index in [0.29, 0.717) is 6.42 Å². The molecule has 0 aromatic heterocycles. The van der Waals surface area contributed by atoms with Gasteiger partial charge in [-0.2, -0.15) is 0 Å². The van der Waals surface area contributed by atoms with Gasteiger partial charge in [0.1, 0.15) is 18.2 Å². The standard InChI is InChI=1S/C41H48N4O7/c1-41(2,3)52-40(50)44-33(22-27-12-6-4-7-13-27)37(47)36(38(48)45-35-32-17-11-10-16-31(32)23-34(35)46)42-24-28-18-20-29(21-19-28)25-43-39(49)51-26-30-14-8-5-9-15-30/h4-21,33-37,42,46-47H,22-26H2,1-3H3,(H,43,49)(H,44,50)(H,45,48)/t33-,34?,35-,36+,37+/m0/s1. The number of nitrogens with one attached hydrogen (secondary N) is 4. The van der Waals surface area contributed by atoms with E-state index in [2.05, 4.69) is 21.3 Å². The molecule has 4 aromatic rings. The summed E-state index contributed by atoms with van der Waals surface area (Å²) in [6, 6.07) is 30.9. The number of aliphatic hydroxyl groups excluding tert-OH is 2. The van der Waals surface area contributed by atoms with Crippen LogP contribution in [0.1, 0.15) is 60.2 Å². The van der Waals surface area contributed by atoms with Gasteiger partial charge in [0.25, 0.3) is 0 Å². The smallest absolute Gasteiger partial charge is 0.407 e. The molecule has 5 atom stereocenters. The van der Waals surface area contributed by atoms with E-state index in [1.54, 1.807) is 20.8 Å². The topological polar surface area (TPSA) is 158 Å². The Morgan fingerprint density at radius 2 is 1.37 bits per heavy atom. The van der Waals surface area contributed by atoms with Crippen LogP contribution in [-0.4, -0.2) is 58.2 Å². The molecule has 0 saturated carbocycles. The van der Waals surface area contributed by atoms with Gasteiger partial charge >= 0.3 is 12.2 Å². The van der Waals surface area contributed by atoms with E-state index in [4.69, 9.17) is 9.47 Å². The Hall–Kier alpha value is -5.23. The lowest BCUT2D eigenvalue weighted by Gasteiger charge is -2.32. The van der Waals surface area contributed by atoms with Crippen LogP contribution in [0.25, 0.3) is 0 Å². The summed E-state index contributed by atoms with van der Waals surface area (Å²) >= 11 is 0. The molecule has 1 aliphatic rings. The van der Waals surface area contributed by atoms with Crippen LogP contribution in [0.3, 0.4) is 0 Å². The SMILES string of the molecule is CC(C)(C)OC(=O)N[C@@H](Cc1ccccc1)[C@@H](O)[C@@H](NCc1ccc(CNC(=O)OCc2ccccc2)cc1)C(=O)N[C@H]1c2ccccc2CC1O. The molecule has 11 heteroatoms. The van der Waals surface area contributed by atoms with Gasteiger partial charge in [-0.05, 0) is 60.6 Å². The fraction of sp³-hybridized carbons (Fsp3) is 0.341. The van der Waals surface area contributed by atoms with Gasteiger partial charge in [-0.25, -0.2) is 9.59 Å². The summed E-state index contributed by atoms with van der Waals surface area (Å²) < 4.78 is 10.8. The molecule has 274 valence electrons. The van der Waals surface area contributed by atoms with Crippen molar-refractivity contribution in [2.45, 2.75) is 89.2 Å². The molecule has 0 saturated heterocycles. The molecule has 0 radical (unpaired) electrons. The maximum atomic E-state index is 14.1. The van der Waals surface area contributed by atoms with Crippen LogP contribution < -0.4 is 21.3 Å². The number of ether oxygens (including phenoxy) is 2. The van der Waals surface area contributed by atoms with E-state index in [1.807, 2.05) is 109 Å². The van der Waals surface area contributed by atoms with E-state index in [9.17, 15) is 24.6 Å². The molecule has 0 fully saturated rings. The highest BCUT2D eigenvalue weighted by molar-refractivity contribution is 5.83. The number of aliphatic hydroxyl groups is 2. The predicted octanol–water partition coefficient (Wildman–Crippen LogP) is 4.84. The molecule has 0 aliphatic heterocycles. The predicted molar refractivity (Wildman–Crippen MR) is 197 cm³/mol. The third-order valence-electron chi connectivity index (χ3n) is 8.74. The van der Waals surface area contributed by atoms with Crippen molar-refractivity contribution in [2.24, 2.45) is 0 Å². The minimum atomic E-state index is -1.41. The first-order valence-electron chi connectivity index (χ1n) is 17.5. The first kappa shape index (κ1) is 38.0. The minimum absolute atomic E-state index is 0.170. The molecular weight excluding hydrogens is 660 g/mol. The highest BCUT2D eigenvalue weighted by Crippen LogP contribution is 2.31. The zero-order valence-electron chi connectivity index (χ0n) is 29.8. The number of rotatable bonds is 14. The molecule has 0 spiro atoms. The molecule has 1 aliphatic carbocycles. The number of fused-ring (bicyclic) bond motifs is 1. The molecule has 0 heterocycles. The van der Waals surface area contributed by atoms with Gasteiger partial charge in [0.05, 0.1) is 24.3 Å². The van der Waals surface area contributed by atoms with E-state index >= 15 is 0 Å². The van der Waals surface area contributed by atoms with Crippen LogP contribution in [0.4, 0.5) is 9.59 Å². The summed E-state index contributed by atoms with van der Waals surface area (Å²) in [5.74, 6) is -0.535. The van der Waals surface area contributed by atoms with Crippen LogP contribution in [0, 0.1) is 0 Å². The van der Waals surface area contributed by atoms with Gasteiger partial charge in [-0.15, -0.1) is 0 Å². The quantitative estimate of drug-likeness (QED) is 0.109. The summed E-state index contributed by atoms with van der Waals surface area (Å²) in [6.07, 6.45) is -2.89. The summed E-state index contributed by atoms with van der Waals surface area (Å²) in [6.45, 7) is 5.86. The van der Waals surface area contributed by atoms with Crippen LogP contribution in [-0.2, 0) is 46.8 Å². The summed E-state index contributed by atoms with van der Waals surface area (Å²) in [4.78, 5) is 39.3. The Balaban J connectivity index is 1.29. The van der Waals surface area contributed by atoms with Crippen LogP contribution in [0.2, 0.25) is 0 Å². The van der Waals surface area contributed by atoms with Crippen LogP contribution in [0.5, 0.6) is 0 Å². The number of carbonyl (C=O) groups excluding carboxylic acids is 3.